The van der Waals surface area contributed by atoms with E-state index < -0.39 is 0 Å². The summed E-state index contributed by atoms with van der Waals surface area (Å²) in [5.74, 6) is 0. The molecule has 2 amide bonds. The van der Waals surface area contributed by atoms with E-state index in [2.05, 4.69) is 12.2 Å². The van der Waals surface area contributed by atoms with Gasteiger partial charge in [0.15, 0.2) is 0 Å². The second-order valence-corrected chi connectivity index (χ2v) is 3.46. The van der Waals surface area contributed by atoms with Gasteiger partial charge in [0.25, 0.3) is 0 Å². The molecule has 0 aromatic heterocycles. The van der Waals surface area contributed by atoms with Gasteiger partial charge in [-0.15, -0.1) is 0 Å². The number of carbonyl (C=O) groups is 1. The summed E-state index contributed by atoms with van der Waals surface area (Å²) in [6.45, 7) is 2.11. The lowest BCUT2D eigenvalue weighted by atomic mass is 10.2. The van der Waals surface area contributed by atoms with Gasteiger partial charge in [-0.3, -0.25) is 0 Å². The van der Waals surface area contributed by atoms with Gasteiger partial charge < -0.3 is 10.2 Å². The van der Waals surface area contributed by atoms with Crippen molar-refractivity contribution in [2.75, 3.05) is 14.1 Å². The summed E-state index contributed by atoms with van der Waals surface area (Å²) in [5.41, 5.74) is 0.154. The van der Waals surface area contributed by atoms with Crippen molar-refractivity contribution in [3.63, 3.8) is 0 Å². The molecule has 3 heteroatoms. The van der Waals surface area contributed by atoms with Crippen LogP contribution in [0.2, 0.25) is 0 Å². The molecule has 0 radical (unpaired) electrons. The molecular weight excluding hydrogens is 140 g/mol. The molecule has 64 valence electrons. The third-order valence-electron chi connectivity index (χ3n) is 2.31. The fourth-order valence-corrected chi connectivity index (χ4v) is 1.06. The molecular formula is C8H16N2O. The molecule has 1 rings (SSSR count). The normalized spacial score (nSPS) is 19.2. The Labute approximate surface area is 67.8 Å². The SMILES string of the molecule is CCC1(NC(=O)N(C)C)CC1. The first-order valence-electron chi connectivity index (χ1n) is 4.09. The van der Waals surface area contributed by atoms with Crippen molar-refractivity contribution < 1.29 is 4.79 Å². The number of carbonyl (C=O) groups excluding carboxylic acids is 1. The maximum atomic E-state index is 11.2. The molecule has 1 saturated carbocycles. The zero-order valence-corrected chi connectivity index (χ0v) is 7.48. The van der Waals surface area contributed by atoms with Gasteiger partial charge >= 0.3 is 6.03 Å². The Morgan fingerprint density at radius 2 is 2.09 bits per heavy atom. The number of urea groups is 1. The van der Waals surface area contributed by atoms with Crippen LogP contribution in [0.1, 0.15) is 26.2 Å². The van der Waals surface area contributed by atoms with Gasteiger partial charge in [-0.2, -0.15) is 0 Å². The number of hydrogen-bond acceptors (Lipinski definition) is 1. The van der Waals surface area contributed by atoms with Crippen molar-refractivity contribution >= 4 is 6.03 Å². The lowest BCUT2D eigenvalue weighted by Crippen LogP contribution is -2.42. The molecule has 3 nitrogen and oxygen atoms in total. The standard InChI is InChI=1S/C8H16N2O/c1-4-8(5-6-8)9-7(11)10(2)3/h4-6H2,1-3H3,(H,9,11). The number of amides is 2. The van der Waals surface area contributed by atoms with E-state index in [1.54, 1.807) is 19.0 Å². The second-order valence-electron chi connectivity index (χ2n) is 3.46. The monoisotopic (exact) mass is 156 g/mol. The largest absolute Gasteiger partial charge is 0.333 e. The molecule has 0 spiro atoms. The van der Waals surface area contributed by atoms with Crippen molar-refractivity contribution in [1.82, 2.24) is 10.2 Å². The van der Waals surface area contributed by atoms with Gasteiger partial charge in [0, 0.05) is 19.6 Å². The molecule has 1 N–H and O–H groups in total. The molecule has 1 fully saturated rings. The van der Waals surface area contributed by atoms with Crippen LogP contribution in [0, 0.1) is 0 Å². The Morgan fingerprint density at radius 3 is 2.36 bits per heavy atom. The third kappa shape index (κ3) is 1.85. The number of nitrogens with one attached hydrogen (secondary N) is 1. The van der Waals surface area contributed by atoms with Gasteiger partial charge in [-0.05, 0) is 19.3 Å². The molecule has 0 saturated heterocycles. The van der Waals surface area contributed by atoms with Crippen LogP contribution in [0.15, 0.2) is 0 Å². The molecule has 0 heterocycles. The molecule has 1 aliphatic carbocycles. The van der Waals surface area contributed by atoms with Gasteiger partial charge in [-0.25, -0.2) is 4.79 Å². The Morgan fingerprint density at radius 1 is 1.55 bits per heavy atom. The van der Waals surface area contributed by atoms with Crippen LogP contribution >= 0.6 is 0 Å². The van der Waals surface area contributed by atoms with Crippen molar-refractivity contribution in [1.29, 1.82) is 0 Å². The van der Waals surface area contributed by atoms with Crippen molar-refractivity contribution in [2.45, 2.75) is 31.7 Å². The van der Waals surface area contributed by atoms with E-state index in [4.69, 9.17) is 0 Å². The highest BCUT2D eigenvalue weighted by atomic mass is 16.2. The summed E-state index contributed by atoms with van der Waals surface area (Å²) in [4.78, 5) is 12.8. The average molecular weight is 156 g/mol. The van der Waals surface area contributed by atoms with Gasteiger partial charge in [0.05, 0.1) is 0 Å². The summed E-state index contributed by atoms with van der Waals surface area (Å²) in [7, 11) is 3.53. The second kappa shape index (κ2) is 2.72. The molecule has 0 aliphatic heterocycles. The molecule has 1 aliphatic rings. The maximum absolute atomic E-state index is 11.2. The van der Waals surface area contributed by atoms with E-state index in [9.17, 15) is 4.79 Å². The summed E-state index contributed by atoms with van der Waals surface area (Å²) < 4.78 is 0. The summed E-state index contributed by atoms with van der Waals surface area (Å²) in [5, 5.41) is 3.00. The Bertz CT molecular complexity index is 161. The first-order chi connectivity index (χ1) is 5.09. The summed E-state index contributed by atoms with van der Waals surface area (Å²) in [6.07, 6.45) is 3.33. The fraction of sp³-hybridized carbons (Fsp3) is 0.875. The molecule has 0 aromatic carbocycles. The lowest BCUT2D eigenvalue weighted by molar-refractivity contribution is 0.211. The third-order valence-corrected chi connectivity index (χ3v) is 2.31. The highest BCUT2D eigenvalue weighted by Crippen LogP contribution is 2.38. The lowest BCUT2D eigenvalue weighted by Gasteiger charge is -2.18. The van der Waals surface area contributed by atoms with Crippen LogP contribution in [-0.2, 0) is 0 Å². The van der Waals surface area contributed by atoms with Crippen LogP contribution in [0.5, 0.6) is 0 Å². The zero-order chi connectivity index (χ0) is 8.48. The van der Waals surface area contributed by atoms with Gasteiger partial charge in [0.1, 0.15) is 0 Å². The molecule has 0 bridgehead atoms. The van der Waals surface area contributed by atoms with Crippen molar-refractivity contribution in [2.24, 2.45) is 0 Å². The van der Waals surface area contributed by atoms with E-state index in [-0.39, 0.29) is 11.6 Å². The van der Waals surface area contributed by atoms with E-state index in [1.165, 1.54) is 0 Å². The first-order valence-corrected chi connectivity index (χ1v) is 4.09. The fourth-order valence-electron chi connectivity index (χ4n) is 1.06. The quantitative estimate of drug-likeness (QED) is 0.640. The van der Waals surface area contributed by atoms with E-state index >= 15 is 0 Å². The number of rotatable bonds is 2. The molecule has 0 unspecified atom stereocenters. The Kier molecular flexibility index (Phi) is 2.07. The number of nitrogens with zero attached hydrogens (tertiary/aromatic N) is 1. The highest BCUT2D eigenvalue weighted by molar-refractivity contribution is 5.74. The van der Waals surface area contributed by atoms with Crippen molar-refractivity contribution in [3.8, 4) is 0 Å². The molecule has 0 atom stereocenters. The number of hydrogen-bond donors (Lipinski definition) is 1. The van der Waals surface area contributed by atoms with E-state index in [0.717, 1.165) is 19.3 Å². The van der Waals surface area contributed by atoms with E-state index in [1.807, 2.05) is 0 Å². The van der Waals surface area contributed by atoms with Crippen LogP contribution in [0.4, 0.5) is 4.79 Å². The Balaban J connectivity index is 2.36. The minimum Gasteiger partial charge on any atom is -0.333 e. The zero-order valence-electron chi connectivity index (χ0n) is 7.48. The van der Waals surface area contributed by atoms with Crippen molar-refractivity contribution in [3.05, 3.63) is 0 Å². The van der Waals surface area contributed by atoms with Crippen LogP contribution < -0.4 is 5.32 Å². The van der Waals surface area contributed by atoms with E-state index in [0.29, 0.717) is 0 Å². The highest BCUT2D eigenvalue weighted by Gasteiger charge is 2.42. The predicted octanol–water partition coefficient (Wildman–Crippen LogP) is 1.20. The summed E-state index contributed by atoms with van der Waals surface area (Å²) >= 11 is 0. The van der Waals surface area contributed by atoms with Crippen LogP contribution in [0.3, 0.4) is 0 Å². The minimum absolute atomic E-state index is 0.0318. The average Bonchev–Trinajstić information content (AvgIpc) is 2.69. The molecule has 0 aromatic rings. The first kappa shape index (κ1) is 8.37. The van der Waals surface area contributed by atoms with Gasteiger partial charge in [0.2, 0.25) is 0 Å². The maximum Gasteiger partial charge on any atom is 0.317 e. The predicted molar refractivity (Wildman–Crippen MR) is 44.5 cm³/mol. The smallest absolute Gasteiger partial charge is 0.317 e. The van der Waals surface area contributed by atoms with Crippen LogP contribution in [-0.4, -0.2) is 30.6 Å². The van der Waals surface area contributed by atoms with Gasteiger partial charge in [-0.1, -0.05) is 6.92 Å². The minimum atomic E-state index is 0.0318. The molecule has 11 heavy (non-hydrogen) atoms. The van der Waals surface area contributed by atoms with Crippen LogP contribution in [0.25, 0.3) is 0 Å². The Hall–Kier alpha value is -0.730. The topological polar surface area (TPSA) is 32.3 Å². The summed E-state index contributed by atoms with van der Waals surface area (Å²) in [6, 6.07) is 0.0318.